The number of carbonyl (C=O) groups excluding carboxylic acids is 5. The van der Waals surface area contributed by atoms with Crippen LogP contribution in [0.15, 0.2) is 65.8 Å². The van der Waals surface area contributed by atoms with Crippen LogP contribution in [0, 0.1) is 0 Å². The molecule has 0 radical (unpaired) electrons. The number of benzene rings is 2. The lowest BCUT2D eigenvalue weighted by atomic mass is 10.0. The number of carboxylic acid groups (broad SMARTS) is 1. The number of tetrazole rings is 1. The number of aliphatic carboxylic acids is 1. The molecule has 2 saturated heterocycles. The monoisotopic (exact) mass is 634 g/mol. The van der Waals surface area contributed by atoms with E-state index in [1.54, 1.807) is 54.6 Å². The van der Waals surface area contributed by atoms with Gasteiger partial charge in [0, 0.05) is 18.5 Å². The minimum absolute atomic E-state index is 0.0316. The number of nitrogens with one attached hydrogen (secondary N) is 2. The van der Waals surface area contributed by atoms with Crippen LogP contribution in [0.3, 0.4) is 0 Å². The molecule has 2 aliphatic heterocycles. The molecule has 2 aromatic carbocycles. The van der Waals surface area contributed by atoms with Gasteiger partial charge in [0.25, 0.3) is 11.8 Å². The molecule has 15 nitrogen and oxygen atoms in total. The van der Waals surface area contributed by atoms with Crippen LogP contribution >= 0.6 is 11.8 Å². The zero-order valence-corrected chi connectivity index (χ0v) is 24.8. The van der Waals surface area contributed by atoms with Gasteiger partial charge in [-0.25, -0.2) is 5.01 Å². The van der Waals surface area contributed by atoms with Crippen molar-refractivity contribution in [2.45, 2.75) is 55.4 Å². The Morgan fingerprint density at radius 3 is 2.42 bits per heavy atom. The van der Waals surface area contributed by atoms with Gasteiger partial charge in [-0.1, -0.05) is 48.2 Å². The molecule has 0 spiro atoms. The molecule has 0 unspecified atom stereocenters. The Morgan fingerprint density at radius 1 is 1.00 bits per heavy atom. The number of rotatable bonds is 11. The van der Waals surface area contributed by atoms with Crippen molar-refractivity contribution >= 4 is 47.1 Å². The Labute approximate surface area is 261 Å². The predicted molar refractivity (Wildman–Crippen MR) is 158 cm³/mol. The van der Waals surface area contributed by atoms with Crippen molar-refractivity contribution in [2.75, 3.05) is 12.3 Å². The van der Waals surface area contributed by atoms with E-state index in [0.29, 0.717) is 17.7 Å². The number of aromatic nitrogens is 4. The van der Waals surface area contributed by atoms with E-state index in [2.05, 4.69) is 26.2 Å². The van der Waals surface area contributed by atoms with Gasteiger partial charge in [0.15, 0.2) is 5.78 Å². The molecule has 5 rings (SSSR count). The molecular weight excluding hydrogens is 604 g/mol. The second-order valence-corrected chi connectivity index (χ2v) is 11.4. The number of carbonyl (C=O) groups is 6. The summed E-state index contributed by atoms with van der Waals surface area (Å²) < 4.78 is 1.42. The summed E-state index contributed by atoms with van der Waals surface area (Å²) in [6.07, 6.45) is -0.138. The van der Waals surface area contributed by atoms with Gasteiger partial charge in [-0.3, -0.25) is 33.8 Å². The molecule has 3 aromatic rings. The third-order valence-corrected chi connectivity index (χ3v) is 8.32. The average molecular weight is 635 g/mol. The molecule has 3 atom stereocenters. The van der Waals surface area contributed by atoms with E-state index in [1.165, 1.54) is 9.69 Å². The third kappa shape index (κ3) is 7.34. The van der Waals surface area contributed by atoms with Crippen LogP contribution in [-0.2, 0) is 24.0 Å². The largest absolute Gasteiger partial charge is 0.481 e. The fraction of sp³-hybridized carbons (Fsp3) is 0.345. The Kier molecular flexibility index (Phi) is 9.82. The first-order valence-corrected chi connectivity index (χ1v) is 15.2. The molecule has 234 valence electrons. The van der Waals surface area contributed by atoms with Crippen molar-refractivity contribution in [3.63, 3.8) is 0 Å². The summed E-state index contributed by atoms with van der Waals surface area (Å²) in [6, 6.07) is 13.5. The van der Waals surface area contributed by atoms with Gasteiger partial charge in [0.1, 0.15) is 12.1 Å². The summed E-state index contributed by atoms with van der Waals surface area (Å²) in [5.74, 6) is -4.49. The molecule has 45 heavy (non-hydrogen) atoms. The molecular formula is C29H30N8O7S. The van der Waals surface area contributed by atoms with E-state index < -0.39 is 54.0 Å². The number of thioether (sulfide) groups is 1. The Bertz CT molecular complexity index is 1590. The number of hydrogen-bond acceptors (Lipinski definition) is 10. The Balaban J connectivity index is 1.30. The highest BCUT2D eigenvalue weighted by atomic mass is 32.2. The number of hydrogen-bond donors (Lipinski definition) is 3. The SMILES string of the molecule is O=C(O)C[C@H](NC(=O)[C@@H]1CCCN2C(=O)CC[C@H](NC(=O)c3ccccc3)C(=O)N12)C(=O)CSc1nnnn1-c1ccccc1. The fourth-order valence-corrected chi connectivity index (χ4v) is 5.99. The van der Waals surface area contributed by atoms with Crippen molar-refractivity contribution in [3.05, 3.63) is 66.2 Å². The van der Waals surface area contributed by atoms with Gasteiger partial charge in [0.05, 0.1) is 23.9 Å². The van der Waals surface area contributed by atoms with E-state index in [0.717, 1.165) is 16.8 Å². The fourth-order valence-electron chi connectivity index (χ4n) is 5.16. The average Bonchev–Trinajstić information content (AvgIpc) is 3.49. The zero-order chi connectivity index (χ0) is 31.9. The number of para-hydroxylation sites is 1. The van der Waals surface area contributed by atoms with Gasteiger partial charge in [-0.05, 0) is 54.0 Å². The van der Waals surface area contributed by atoms with Gasteiger partial charge < -0.3 is 15.7 Å². The number of fused-ring (bicyclic) bond motifs is 1. The molecule has 0 bridgehead atoms. The second kappa shape index (κ2) is 14.1. The maximum absolute atomic E-state index is 13.7. The van der Waals surface area contributed by atoms with Gasteiger partial charge >= 0.3 is 5.97 Å². The molecule has 4 amide bonds. The Morgan fingerprint density at radius 2 is 1.71 bits per heavy atom. The van der Waals surface area contributed by atoms with Crippen LogP contribution in [0.1, 0.15) is 42.5 Å². The summed E-state index contributed by atoms with van der Waals surface area (Å²) >= 11 is 0.976. The minimum atomic E-state index is -1.43. The first kappa shape index (κ1) is 31.3. The van der Waals surface area contributed by atoms with Crippen LogP contribution in [-0.4, -0.2) is 101 Å². The Hall–Kier alpha value is -5.12. The zero-order valence-electron chi connectivity index (χ0n) is 23.9. The van der Waals surface area contributed by atoms with E-state index in [-0.39, 0.29) is 42.6 Å². The molecule has 3 N–H and O–H groups in total. The molecule has 0 saturated carbocycles. The van der Waals surface area contributed by atoms with E-state index in [4.69, 9.17) is 0 Å². The number of hydrazine groups is 1. The molecule has 16 heteroatoms. The first-order chi connectivity index (χ1) is 21.7. The number of nitrogens with zero attached hydrogens (tertiary/aromatic N) is 6. The number of carboxylic acids is 1. The van der Waals surface area contributed by atoms with Crippen LogP contribution in [0.5, 0.6) is 0 Å². The molecule has 2 fully saturated rings. The second-order valence-electron chi connectivity index (χ2n) is 10.4. The lowest BCUT2D eigenvalue weighted by molar-refractivity contribution is -0.176. The number of Topliss-reactive ketones (excluding diaryl/α,β-unsaturated/α-hetero) is 1. The number of ketones is 1. The summed E-state index contributed by atoms with van der Waals surface area (Å²) in [5.41, 5.74) is 0.987. The highest BCUT2D eigenvalue weighted by Gasteiger charge is 2.45. The highest BCUT2D eigenvalue weighted by molar-refractivity contribution is 7.99. The van der Waals surface area contributed by atoms with Crippen molar-refractivity contribution in [2.24, 2.45) is 0 Å². The topological polar surface area (TPSA) is 197 Å². The van der Waals surface area contributed by atoms with Crippen LogP contribution < -0.4 is 10.6 Å². The third-order valence-electron chi connectivity index (χ3n) is 7.37. The molecule has 3 heterocycles. The van der Waals surface area contributed by atoms with E-state index in [1.807, 2.05) is 6.07 Å². The lowest BCUT2D eigenvalue weighted by Gasteiger charge is -2.43. The van der Waals surface area contributed by atoms with Crippen molar-refractivity contribution < 1.29 is 33.9 Å². The van der Waals surface area contributed by atoms with E-state index >= 15 is 0 Å². The quantitative estimate of drug-likeness (QED) is 0.250. The normalized spacial score (nSPS) is 18.8. The molecule has 1 aromatic heterocycles. The molecule has 2 aliphatic rings. The van der Waals surface area contributed by atoms with Crippen LogP contribution in [0.25, 0.3) is 5.69 Å². The maximum Gasteiger partial charge on any atom is 0.305 e. The summed E-state index contributed by atoms with van der Waals surface area (Å²) in [4.78, 5) is 78.1. The standard InChI is InChI=1S/C29H30N8O7S/c38-23(17-45-29-32-33-34-36(29)19-10-5-2-6-11-19)21(16-25(40)41)31-27(43)22-12-7-15-35-24(39)14-13-20(28(44)37(22)35)30-26(42)18-8-3-1-4-9-18/h1-6,8-11,20-22H,7,12-17H2,(H,30,42)(H,31,43)(H,40,41)/t20-,21-,22-/m0/s1. The number of amides is 4. The van der Waals surface area contributed by atoms with Gasteiger partial charge in [-0.15, -0.1) is 5.10 Å². The lowest BCUT2D eigenvalue weighted by Crippen LogP contribution is -2.64. The highest BCUT2D eigenvalue weighted by Crippen LogP contribution is 2.26. The van der Waals surface area contributed by atoms with Crippen molar-refractivity contribution in [3.8, 4) is 5.69 Å². The van der Waals surface area contributed by atoms with Crippen molar-refractivity contribution in [1.82, 2.24) is 40.9 Å². The van der Waals surface area contributed by atoms with Gasteiger partial charge in [0.2, 0.25) is 17.0 Å². The van der Waals surface area contributed by atoms with Crippen molar-refractivity contribution in [1.29, 1.82) is 0 Å². The minimum Gasteiger partial charge on any atom is -0.481 e. The first-order valence-electron chi connectivity index (χ1n) is 14.2. The summed E-state index contributed by atoms with van der Waals surface area (Å²) in [6.45, 7) is 0.192. The smallest absolute Gasteiger partial charge is 0.305 e. The van der Waals surface area contributed by atoms with Gasteiger partial charge in [-0.2, -0.15) is 4.68 Å². The van der Waals surface area contributed by atoms with E-state index in [9.17, 15) is 33.9 Å². The maximum atomic E-state index is 13.7. The van der Waals surface area contributed by atoms with Crippen LogP contribution in [0.4, 0.5) is 0 Å². The summed E-state index contributed by atoms with van der Waals surface area (Å²) in [5, 5.41) is 28.8. The predicted octanol–water partition coefficient (Wildman–Crippen LogP) is 0.610. The summed E-state index contributed by atoms with van der Waals surface area (Å²) in [7, 11) is 0. The van der Waals surface area contributed by atoms with Crippen LogP contribution in [0.2, 0.25) is 0 Å². The molecule has 0 aliphatic carbocycles.